The minimum atomic E-state index is -4.61. The summed E-state index contributed by atoms with van der Waals surface area (Å²) in [5.74, 6) is -8.81. The summed E-state index contributed by atoms with van der Waals surface area (Å²) in [7, 11) is 0. The molecule has 0 aromatic heterocycles. The molecule has 1 N–H and O–H groups in total. The molecule has 2 rings (SSSR count). The second-order valence-electron chi connectivity index (χ2n) is 6.23. The van der Waals surface area contributed by atoms with Crippen LogP contribution in [0.3, 0.4) is 0 Å². The normalized spacial score (nSPS) is 17.6. The molecule has 1 saturated carbocycles. The SMILES string of the molecule is O=C(OC(C1CCCCC1)C(F)(F)C(=O)O)c1ccc(C(F)(F)F)cc1. The largest absolute Gasteiger partial charge is 0.477 e. The van der Waals surface area contributed by atoms with Gasteiger partial charge in [0, 0.05) is 5.92 Å². The summed E-state index contributed by atoms with van der Waals surface area (Å²) < 4.78 is 70.5. The average Bonchev–Trinajstić information content (AvgIpc) is 2.59. The monoisotopic (exact) mass is 380 g/mol. The third-order valence-electron chi connectivity index (χ3n) is 4.40. The summed E-state index contributed by atoms with van der Waals surface area (Å²) in [6, 6.07) is 2.87. The van der Waals surface area contributed by atoms with Crippen LogP contribution in [0.5, 0.6) is 0 Å². The maximum absolute atomic E-state index is 14.1. The third-order valence-corrected chi connectivity index (χ3v) is 4.40. The van der Waals surface area contributed by atoms with E-state index in [4.69, 9.17) is 9.84 Å². The van der Waals surface area contributed by atoms with Crippen LogP contribution in [0.25, 0.3) is 0 Å². The van der Waals surface area contributed by atoms with Gasteiger partial charge < -0.3 is 9.84 Å². The van der Waals surface area contributed by atoms with Gasteiger partial charge in [0.05, 0.1) is 11.1 Å². The molecule has 0 aliphatic heterocycles. The Morgan fingerprint density at radius 3 is 2.00 bits per heavy atom. The van der Waals surface area contributed by atoms with Crippen molar-refractivity contribution in [3.8, 4) is 0 Å². The van der Waals surface area contributed by atoms with Crippen LogP contribution in [-0.4, -0.2) is 29.1 Å². The molecule has 0 spiro atoms. The predicted octanol–water partition coefficient (Wildman–Crippen LogP) is 4.53. The zero-order valence-corrected chi connectivity index (χ0v) is 13.6. The second kappa shape index (κ2) is 7.59. The van der Waals surface area contributed by atoms with E-state index < -0.39 is 41.6 Å². The Kier molecular flexibility index (Phi) is 5.87. The Morgan fingerprint density at radius 2 is 1.54 bits per heavy atom. The minimum absolute atomic E-state index is 0.286. The van der Waals surface area contributed by atoms with Crippen molar-refractivity contribution < 1.29 is 41.4 Å². The number of alkyl halides is 5. The maximum atomic E-state index is 14.1. The highest BCUT2D eigenvalue weighted by molar-refractivity contribution is 5.90. The first-order chi connectivity index (χ1) is 12.0. The van der Waals surface area contributed by atoms with Crippen molar-refractivity contribution in [1.29, 1.82) is 0 Å². The first kappa shape index (κ1) is 20.1. The number of hydrogen-bond acceptors (Lipinski definition) is 3. The molecular weight excluding hydrogens is 363 g/mol. The lowest BCUT2D eigenvalue weighted by atomic mass is 9.83. The van der Waals surface area contributed by atoms with E-state index in [-0.39, 0.29) is 18.4 Å². The van der Waals surface area contributed by atoms with Crippen LogP contribution in [0.15, 0.2) is 24.3 Å². The van der Waals surface area contributed by atoms with Crippen molar-refractivity contribution >= 4 is 11.9 Å². The van der Waals surface area contributed by atoms with E-state index in [9.17, 15) is 31.5 Å². The van der Waals surface area contributed by atoms with E-state index in [0.29, 0.717) is 25.0 Å². The topological polar surface area (TPSA) is 63.6 Å². The second-order valence-corrected chi connectivity index (χ2v) is 6.23. The summed E-state index contributed by atoms with van der Waals surface area (Å²) in [4.78, 5) is 23.0. The number of esters is 1. The number of aliphatic carboxylic acids is 1. The number of hydrogen-bond donors (Lipinski definition) is 1. The molecule has 1 unspecified atom stereocenters. The van der Waals surface area contributed by atoms with Crippen LogP contribution in [0, 0.1) is 5.92 Å². The van der Waals surface area contributed by atoms with Gasteiger partial charge in [-0.1, -0.05) is 19.3 Å². The first-order valence-electron chi connectivity index (χ1n) is 8.03. The molecule has 1 aliphatic rings. The molecule has 1 aromatic rings. The Hall–Kier alpha value is -2.19. The molecule has 0 bridgehead atoms. The number of carbonyl (C=O) groups is 2. The van der Waals surface area contributed by atoms with Crippen molar-refractivity contribution in [3.05, 3.63) is 35.4 Å². The molecule has 1 atom stereocenters. The summed E-state index contributed by atoms with van der Waals surface area (Å²) in [5, 5.41) is 8.79. The van der Waals surface area contributed by atoms with Gasteiger partial charge in [-0.05, 0) is 37.1 Å². The van der Waals surface area contributed by atoms with Crippen LogP contribution in [0.4, 0.5) is 22.0 Å². The van der Waals surface area contributed by atoms with Gasteiger partial charge in [0.2, 0.25) is 0 Å². The van der Waals surface area contributed by atoms with Crippen molar-refractivity contribution in [2.24, 2.45) is 5.92 Å². The van der Waals surface area contributed by atoms with Gasteiger partial charge in [-0.3, -0.25) is 0 Å². The van der Waals surface area contributed by atoms with E-state index >= 15 is 0 Å². The smallest absolute Gasteiger partial charge is 0.416 e. The number of rotatable bonds is 5. The number of benzene rings is 1. The van der Waals surface area contributed by atoms with Crippen molar-refractivity contribution in [2.75, 3.05) is 0 Å². The lowest BCUT2D eigenvalue weighted by molar-refractivity contribution is -0.189. The summed E-state index contributed by atoms with van der Waals surface area (Å²) in [6.45, 7) is 0. The molecule has 0 heterocycles. The van der Waals surface area contributed by atoms with Gasteiger partial charge in [0.15, 0.2) is 6.10 Å². The number of carbonyl (C=O) groups excluding carboxylic acids is 1. The zero-order valence-electron chi connectivity index (χ0n) is 13.6. The van der Waals surface area contributed by atoms with Gasteiger partial charge in [-0.2, -0.15) is 22.0 Å². The Bertz CT molecular complexity index is 648. The lowest BCUT2D eigenvalue weighted by Gasteiger charge is -2.33. The molecule has 26 heavy (non-hydrogen) atoms. The highest BCUT2D eigenvalue weighted by atomic mass is 19.4. The molecule has 0 radical (unpaired) electrons. The van der Waals surface area contributed by atoms with Crippen molar-refractivity contribution in [2.45, 2.75) is 50.3 Å². The fourth-order valence-electron chi connectivity index (χ4n) is 3.00. The molecule has 1 aliphatic carbocycles. The van der Waals surface area contributed by atoms with Gasteiger partial charge >= 0.3 is 24.0 Å². The lowest BCUT2D eigenvalue weighted by Crippen LogP contribution is -2.48. The predicted molar refractivity (Wildman–Crippen MR) is 79.8 cm³/mol. The molecule has 144 valence electrons. The Morgan fingerprint density at radius 1 is 1.00 bits per heavy atom. The highest BCUT2D eigenvalue weighted by Gasteiger charge is 2.53. The fraction of sp³-hybridized carbons (Fsp3) is 0.529. The van der Waals surface area contributed by atoms with Gasteiger partial charge in [-0.25, -0.2) is 9.59 Å². The fourth-order valence-corrected chi connectivity index (χ4v) is 3.00. The van der Waals surface area contributed by atoms with Gasteiger partial charge in [0.1, 0.15) is 0 Å². The van der Waals surface area contributed by atoms with Crippen molar-refractivity contribution in [3.63, 3.8) is 0 Å². The third kappa shape index (κ3) is 4.50. The zero-order chi connectivity index (χ0) is 19.5. The van der Waals surface area contributed by atoms with Crippen LogP contribution in [0.2, 0.25) is 0 Å². The summed E-state index contributed by atoms with van der Waals surface area (Å²) >= 11 is 0. The number of ether oxygens (including phenoxy) is 1. The molecule has 1 aromatic carbocycles. The summed E-state index contributed by atoms with van der Waals surface area (Å²) in [5.41, 5.74) is -1.37. The van der Waals surface area contributed by atoms with Gasteiger partial charge in [0.25, 0.3) is 0 Å². The maximum Gasteiger partial charge on any atom is 0.416 e. The first-order valence-corrected chi connectivity index (χ1v) is 8.03. The van der Waals surface area contributed by atoms with E-state index in [1.54, 1.807) is 0 Å². The Balaban J connectivity index is 2.21. The number of carboxylic acids is 1. The molecule has 4 nitrogen and oxygen atoms in total. The highest BCUT2D eigenvalue weighted by Crippen LogP contribution is 2.37. The van der Waals surface area contributed by atoms with E-state index in [0.717, 1.165) is 18.6 Å². The minimum Gasteiger partial charge on any atom is -0.477 e. The quantitative estimate of drug-likeness (QED) is 0.602. The van der Waals surface area contributed by atoms with E-state index in [1.807, 2.05) is 0 Å². The molecule has 9 heteroatoms. The van der Waals surface area contributed by atoms with E-state index in [1.165, 1.54) is 0 Å². The van der Waals surface area contributed by atoms with Crippen LogP contribution in [-0.2, 0) is 15.7 Å². The number of carboxylic acid groups (broad SMARTS) is 1. The van der Waals surface area contributed by atoms with Crippen LogP contribution < -0.4 is 0 Å². The Labute approximate surface area is 145 Å². The van der Waals surface area contributed by atoms with Crippen molar-refractivity contribution in [1.82, 2.24) is 0 Å². The van der Waals surface area contributed by atoms with Crippen LogP contribution >= 0.6 is 0 Å². The van der Waals surface area contributed by atoms with E-state index in [2.05, 4.69) is 0 Å². The molecular formula is C17H17F5O4. The standard InChI is InChI=1S/C17H17F5O4/c18-16(19,15(24)25)13(10-4-2-1-3-5-10)26-14(23)11-6-8-12(9-7-11)17(20,21)22/h6-10,13H,1-5H2,(H,24,25). The molecule has 0 saturated heterocycles. The van der Waals surface area contributed by atoms with Gasteiger partial charge in [-0.15, -0.1) is 0 Å². The number of halogens is 5. The summed E-state index contributed by atoms with van der Waals surface area (Å²) in [6.07, 6.45) is -4.18. The molecule has 0 amide bonds. The van der Waals surface area contributed by atoms with Crippen LogP contribution in [0.1, 0.15) is 48.0 Å². The molecule has 1 fully saturated rings. The average molecular weight is 380 g/mol.